The minimum absolute atomic E-state index is 0.0121. The lowest BCUT2D eigenvalue weighted by Crippen LogP contribution is -2.28. The van der Waals surface area contributed by atoms with E-state index in [1.165, 1.54) is 7.11 Å². The largest absolute Gasteiger partial charge is 0.469 e. The van der Waals surface area contributed by atoms with Gasteiger partial charge in [-0.15, -0.1) is 0 Å². The maximum Gasteiger partial charge on any atom is 0.305 e. The average Bonchev–Trinajstić information content (AvgIpc) is 2.91. The van der Waals surface area contributed by atoms with Crippen molar-refractivity contribution in [1.29, 1.82) is 0 Å². The first-order valence-electron chi connectivity index (χ1n) is 10.7. The van der Waals surface area contributed by atoms with Crippen molar-refractivity contribution >= 4 is 11.8 Å². The van der Waals surface area contributed by atoms with Crippen molar-refractivity contribution in [1.82, 2.24) is 0 Å². The molecule has 0 radical (unpaired) electrons. The molecule has 1 aliphatic rings. The Hall–Kier alpha value is -1.20. The Labute approximate surface area is 164 Å². The lowest BCUT2D eigenvalue weighted by molar-refractivity contribution is -0.140. The van der Waals surface area contributed by atoms with Crippen molar-refractivity contribution in [3.05, 3.63) is 12.2 Å². The first-order valence-corrected chi connectivity index (χ1v) is 10.7. The third-order valence-corrected chi connectivity index (χ3v) is 5.73. The van der Waals surface area contributed by atoms with E-state index in [9.17, 15) is 14.7 Å². The molecular formula is C22H39NO4. The fourth-order valence-corrected chi connectivity index (χ4v) is 4.02. The molecule has 1 saturated carbocycles. The summed E-state index contributed by atoms with van der Waals surface area (Å²) in [5, 5.41) is 10.3. The Morgan fingerprint density at radius 3 is 2.52 bits per heavy atom. The summed E-state index contributed by atoms with van der Waals surface area (Å²) >= 11 is 0. The van der Waals surface area contributed by atoms with Crippen LogP contribution in [0, 0.1) is 11.8 Å². The first kappa shape index (κ1) is 23.8. The molecule has 0 saturated heterocycles. The Morgan fingerprint density at radius 2 is 1.81 bits per heavy atom. The number of unbranched alkanes of at least 4 members (excludes halogenated alkanes) is 4. The van der Waals surface area contributed by atoms with Crippen molar-refractivity contribution in [2.45, 2.75) is 96.1 Å². The van der Waals surface area contributed by atoms with Crippen LogP contribution < -0.4 is 5.73 Å². The Kier molecular flexibility index (Phi) is 12.3. The number of ketones is 1. The zero-order valence-corrected chi connectivity index (χ0v) is 17.2. The molecule has 1 rings (SSSR count). The summed E-state index contributed by atoms with van der Waals surface area (Å²) in [6, 6.07) is -0.0121. The Morgan fingerprint density at radius 1 is 1.07 bits per heavy atom. The van der Waals surface area contributed by atoms with Gasteiger partial charge in [0, 0.05) is 25.3 Å². The molecule has 0 aliphatic heterocycles. The van der Waals surface area contributed by atoms with Gasteiger partial charge in [-0.1, -0.05) is 31.9 Å². The van der Waals surface area contributed by atoms with Crippen LogP contribution in [0.4, 0.5) is 0 Å². The number of esters is 1. The molecule has 0 bridgehead atoms. The molecule has 1 unspecified atom stereocenters. The molecule has 0 spiro atoms. The van der Waals surface area contributed by atoms with Crippen molar-refractivity contribution in [2.75, 3.05) is 7.11 Å². The van der Waals surface area contributed by atoms with Gasteiger partial charge in [0.2, 0.25) is 0 Å². The number of ether oxygens (including phenoxy) is 1. The van der Waals surface area contributed by atoms with E-state index in [0.29, 0.717) is 31.5 Å². The molecule has 27 heavy (non-hydrogen) atoms. The smallest absolute Gasteiger partial charge is 0.305 e. The van der Waals surface area contributed by atoms with Crippen LogP contribution in [-0.4, -0.2) is 36.1 Å². The molecule has 1 aliphatic carbocycles. The molecule has 0 aromatic rings. The lowest BCUT2D eigenvalue weighted by atomic mass is 9.85. The minimum Gasteiger partial charge on any atom is -0.469 e. The van der Waals surface area contributed by atoms with Gasteiger partial charge in [0.1, 0.15) is 5.78 Å². The van der Waals surface area contributed by atoms with Gasteiger partial charge in [-0.25, -0.2) is 0 Å². The van der Waals surface area contributed by atoms with E-state index in [-0.39, 0.29) is 30.0 Å². The summed E-state index contributed by atoms with van der Waals surface area (Å²) in [5.74, 6) is 0.542. The molecule has 0 aromatic heterocycles. The van der Waals surface area contributed by atoms with Gasteiger partial charge in [0.25, 0.3) is 0 Å². The number of rotatable bonds is 14. The molecular weight excluding hydrogens is 342 g/mol. The zero-order chi connectivity index (χ0) is 20.1. The fourth-order valence-electron chi connectivity index (χ4n) is 4.02. The van der Waals surface area contributed by atoms with Gasteiger partial charge >= 0.3 is 5.97 Å². The summed E-state index contributed by atoms with van der Waals surface area (Å²) in [4.78, 5) is 23.1. The molecule has 0 amide bonds. The van der Waals surface area contributed by atoms with Crippen molar-refractivity contribution in [3.63, 3.8) is 0 Å². The number of hydrogen-bond donors (Lipinski definition) is 2. The Balaban J connectivity index is 2.32. The number of hydrogen-bond acceptors (Lipinski definition) is 5. The van der Waals surface area contributed by atoms with E-state index in [1.54, 1.807) is 0 Å². The van der Waals surface area contributed by atoms with Crippen LogP contribution in [0.1, 0.15) is 84.0 Å². The summed E-state index contributed by atoms with van der Waals surface area (Å²) in [6.07, 6.45) is 13.8. The summed E-state index contributed by atoms with van der Waals surface area (Å²) in [5.41, 5.74) is 6.24. The molecule has 0 heterocycles. The predicted molar refractivity (Wildman–Crippen MR) is 108 cm³/mol. The van der Waals surface area contributed by atoms with Gasteiger partial charge in [0.05, 0.1) is 13.2 Å². The molecule has 4 atom stereocenters. The van der Waals surface area contributed by atoms with Gasteiger partial charge in [-0.3, -0.25) is 9.59 Å². The van der Waals surface area contributed by atoms with E-state index in [0.717, 1.165) is 51.4 Å². The van der Waals surface area contributed by atoms with Crippen LogP contribution in [0.25, 0.3) is 0 Å². The minimum atomic E-state index is -0.371. The van der Waals surface area contributed by atoms with Crippen molar-refractivity contribution < 1.29 is 19.4 Å². The standard InChI is InChI=1S/C22H39NO4/c1-3-4-8-11-17(24)14-15-18-19(21(25)16-20(18)23)12-9-6-5-7-10-13-22(26)27-2/h6,9,18-21,25H,3-5,7-8,10-16,23H2,1-2H3/b9-6-/t18-,19?,20-,21+/m1/s1. The van der Waals surface area contributed by atoms with Crippen LogP contribution >= 0.6 is 0 Å². The normalized spacial score (nSPS) is 25.2. The lowest BCUT2D eigenvalue weighted by Gasteiger charge is -2.22. The summed E-state index contributed by atoms with van der Waals surface area (Å²) in [7, 11) is 1.41. The van der Waals surface area contributed by atoms with E-state index in [4.69, 9.17) is 5.73 Å². The molecule has 5 heteroatoms. The highest BCUT2D eigenvalue weighted by Crippen LogP contribution is 2.37. The number of carbonyl (C=O) groups excluding carboxylic acids is 2. The highest BCUT2D eigenvalue weighted by Gasteiger charge is 2.39. The van der Waals surface area contributed by atoms with Gasteiger partial charge in [0.15, 0.2) is 0 Å². The SMILES string of the molecule is CCCCCC(=O)CC[C@@H]1C(C/C=C\CCCCC(=O)OC)[C@@H](O)C[C@H]1N. The third kappa shape index (κ3) is 9.52. The fraction of sp³-hybridized carbons (Fsp3) is 0.818. The second-order valence-corrected chi connectivity index (χ2v) is 7.86. The number of carbonyl (C=O) groups is 2. The molecule has 5 nitrogen and oxygen atoms in total. The number of aliphatic hydroxyl groups is 1. The van der Waals surface area contributed by atoms with Crippen LogP contribution in [0.15, 0.2) is 12.2 Å². The van der Waals surface area contributed by atoms with E-state index >= 15 is 0 Å². The summed E-state index contributed by atoms with van der Waals surface area (Å²) < 4.78 is 4.63. The highest BCUT2D eigenvalue weighted by atomic mass is 16.5. The second kappa shape index (κ2) is 13.9. The number of Topliss-reactive ketones (excluding diaryl/α,β-unsaturated/α-hetero) is 1. The molecule has 0 aromatic carbocycles. The van der Waals surface area contributed by atoms with Gasteiger partial charge in [-0.2, -0.15) is 0 Å². The Bertz CT molecular complexity index is 463. The molecule has 3 N–H and O–H groups in total. The summed E-state index contributed by atoms with van der Waals surface area (Å²) in [6.45, 7) is 2.14. The molecule has 1 fully saturated rings. The van der Waals surface area contributed by atoms with E-state index in [1.807, 2.05) is 0 Å². The second-order valence-electron chi connectivity index (χ2n) is 7.86. The maximum absolute atomic E-state index is 12.0. The van der Waals surface area contributed by atoms with Crippen LogP contribution in [0.3, 0.4) is 0 Å². The van der Waals surface area contributed by atoms with Crippen molar-refractivity contribution in [3.8, 4) is 0 Å². The first-order chi connectivity index (χ1) is 13.0. The maximum atomic E-state index is 12.0. The highest BCUT2D eigenvalue weighted by molar-refractivity contribution is 5.78. The number of allylic oxidation sites excluding steroid dienone is 2. The van der Waals surface area contributed by atoms with Crippen LogP contribution in [0.2, 0.25) is 0 Å². The topological polar surface area (TPSA) is 89.6 Å². The van der Waals surface area contributed by atoms with Crippen molar-refractivity contribution in [2.24, 2.45) is 17.6 Å². The van der Waals surface area contributed by atoms with Crippen LogP contribution in [-0.2, 0) is 14.3 Å². The van der Waals surface area contributed by atoms with Gasteiger partial charge in [-0.05, 0) is 56.8 Å². The average molecular weight is 382 g/mol. The van der Waals surface area contributed by atoms with E-state index in [2.05, 4.69) is 23.8 Å². The van der Waals surface area contributed by atoms with Gasteiger partial charge < -0.3 is 15.6 Å². The number of methoxy groups -OCH3 is 1. The number of aliphatic hydroxyl groups excluding tert-OH is 1. The third-order valence-electron chi connectivity index (χ3n) is 5.73. The quantitative estimate of drug-likeness (QED) is 0.270. The predicted octanol–water partition coefficient (Wildman–Crippen LogP) is 3.92. The number of nitrogens with two attached hydrogens (primary N) is 1. The zero-order valence-electron chi connectivity index (χ0n) is 17.2. The molecule has 156 valence electrons. The van der Waals surface area contributed by atoms with Crippen LogP contribution in [0.5, 0.6) is 0 Å². The van der Waals surface area contributed by atoms with E-state index < -0.39 is 0 Å². The monoisotopic (exact) mass is 381 g/mol.